The maximum absolute atomic E-state index is 13.2. The molecule has 0 bridgehead atoms. The monoisotopic (exact) mass is 394 g/mol. The van der Waals surface area contributed by atoms with Gasteiger partial charge in [0.25, 0.3) is 0 Å². The molecule has 0 atom stereocenters. The first kappa shape index (κ1) is 22.1. The van der Waals surface area contributed by atoms with Crippen LogP contribution in [0.2, 0.25) is 0 Å². The van der Waals surface area contributed by atoms with Crippen LogP contribution in [0.1, 0.15) is 102 Å². The molecule has 0 unspecified atom stereocenters. The molecule has 0 aromatic heterocycles. The van der Waals surface area contributed by atoms with Gasteiger partial charge in [0, 0.05) is 0 Å². The molecule has 0 aliphatic heterocycles. The molecule has 2 aromatic rings. The van der Waals surface area contributed by atoms with Gasteiger partial charge in [0.1, 0.15) is 5.82 Å². The Balaban J connectivity index is 1.38. The highest BCUT2D eigenvalue weighted by atomic mass is 19.1. The number of unbranched alkanes of at least 4 members (excludes halogenated alkanes) is 7. The Morgan fingerprint density at radius 3 is 2.07 bits per heavy atom. The fraction of sp³-hybridized carbons (Fsp3) is 0.571. The second kappa shape index (κ2) is 12.2. The lowest BCUT2D eigenvalue weighted by molar-refractivity contribution is 0.302. The molecule has 0 radical (unpaired) electrons. The molecule has 158 valence electrons. The van der Waals surface area contributed by atoms with Crippen molar-refractivity contribution in [3.8, 4) is 11.1 Å². The minimum atomic E-state index is -0.167. The molecule has 1 aliphatic carbocycles. The van der Waals surface area contributed by atoms with Crippen molar-refractivity contribution >= 4 is 0 Å². The maximum Gasteiger partial charge on any atom is 0.123 e. The third-order valence-electron chi connectivity index (χ3n) is 6.85. The van der Waals surface area contributed by atoms with E-state index < -0.39 is 0 Å². The summed E-state index contributed by atoms with van der Waals surface area (Å²) in [6, 6.07) is 15.8. The zero-order valence-electron chi connectivity index (χ0n) is 18.3. The summed E-state index contributed by atoms with van der Waals surface area (Å²) >= 11 is 0. The molecule has 0 spiro atoms. The minimum Gasteiger partial charge on any atom is -0.207 e. The quantitative estimate of drug-likeness (QED) is 0.333. The topological polar surface area (TPSA) is 0 Å². The van der Waals surface area contributed by atoms with Gasteiger partial charge in [0.15, 0.2) is 0 Å². The van der Waals surface area contributed by atoms with E-state index in [1.165, 1.54) is 94.6 Å². The first-order valence-electron chi connectivity index (χ1n) is 12.1. The van der Waals surface area contributed by atoms with E-state index in [1.54, 1.807) is 12.1 Å². The molecule has 29 heavy (non-hydrogen) atoms. The Morgan fingerprint density at radius 1 is 0.724 bits per heavy atom. The van der Waals surface area contributed by atoms with Crippen molar-refractivity contribution in [2.45, 2.75) is 96.3 Å². The van der Waals surface area contributed by atoms with Crippen LogP contribution in [0.15, 0.2) is 48.5 Å². The molecular weight excluding hydrogens is 355 g/mol. The van der Waals surface area contributed by atoms with Gasteiger partial charge >= 0.3 is 0 Å². The largest absolute Gasteiger partial charge is 0.207 e. The summed E-state index contributed by atoms with van der Waals surface area (Å²) in [7, 11) is 0. The molecule has 0 amide bonds. The fourth-order valence-corrected chi connectivity index (χ4v) is 4.97. The number of hydrogen-bond acceptors (Lipinski definition) is 0. The van der Waals surface area contributed by atoms with Crippen LogP contribution in [0, 0.1) is 11.7 Å². The van der Waals surface area contributed by atoms with Crippen LogP contribution in [0.4, 0.5) is 4.39 Å². The van der Waals surface area contributed by atoms with Gasteiger partial charge < -0.3 is 0 Å². The zero-order valence-corrected chi connectivity index (χ0v) is 18.3. The van der Waals surface area contributed by atoms with Crippen molar-refractivity contribution in [1.82, 2.24) is 0 Å². The van der Waals surface area contributed by atoms with Gasteiger partial charge in [-0.05, 0) is 66.3 Å². The molecule has 1 aliphatic rings. The van der Waals surface area contributed by atoms with Crippen LogP contribution in [-0.2, 0) is 0 Å². The van der Waals surface area contributed by atoms with Crippen LogP contribution in [0.3, 0.4) is 0 Å². The molecule has 3 rings (SSSR count). The van der Waals surface area contributed by atoms with E-state index in [0.29, 0.717) is 5.92 Å². The fourth-order valence-electron chi connectivity index (χ4n) is 4.97. The highest BCUT2D eigenvalue weighted by molar-refractivity contribution is 5.64. The van der Waals surface area contributed by atoms with Crippen LogP contribution in [-0.4, -0.2) is 0 Å². The lowest BCUT2D eigenvalue weighted by Gasteiger charge is -2.29. The van der Waals surface area contributed by atoms with E-state index in [2.05, 4.69) is 31.2 Å². The van der Waals surface area contributed by atoms with Crippen molar-refractivity contribution in [1.29, 1.82) is 0 Å². The van der Waals surface area contributed by atoms with E-state index in [4.69, 9.17) is 0 Å². The van der Waals surface area contributed by atoms with Crippen molar-refractivity contribution < 1.29 is 4.39 Å². The molecule has 0 saturated heterocycles. The van der Waals surface area contributed by atoms with Crippen LogP contribution in [0.5, 0.6) is 0 Å². The predicted molar refractivity (Wildman–Crippen MR) is 124 cm³/mol. The third kappa shape index (κ3) is 7.28. The first-order valence-corrected chi connectivity index (χ1v) is 12.1. The lowest BCUT2D eigenvalue weighted by Crippen LogP contribution is -2.13. The van der Waals surface area contributed by atoms with E-state index in [9.17, 15) is 4.39 Å². The number of benzene rings is 2. The average molecular weight is 395 g/mol. The minimum absolute atomic E-state index is 0.167. The summed E-state index contributed by atoms with van der Waals surface area (Å²) in [6.45, 7) is 2.29. The second-order valence-corrected chi connectivity index (χ2v) is 9.11. The summed E-state index contributed by atoms with van der Waals surface area (Å²) in [6.07, 6.45) is 18.3. The molecular formula is C28H39F. The van der Waals surface area contributed by atoms with Gasteiger partial charge in [-0.25, -0.2) is 4.39 Å². The van der Waals surface area contributed by atoms with Gasteiger partial charge in [0.05, 0.1) is 0 Å². The highest BCUT2D eigenvalue weighted by Gasteiger charge is 2.22. The Hall–Kier alpha value is -1.63. The predicted octanol–water partition coefficient (Wildman–Crippen LogP) is 9.30. The lowest BCUT2D eigenvalue weighted by atomic mass is 9.76. The Morgan fingerprint density at radius 2 is 1.38 bits per heavy atom. The Kier molecular flexibility index (Phi) is 9.25. The smallest absolute Gasteiger partial charge is 0.123 e. The summed E-state index contributed by atoms with van der Waals surface area (Å²) in [4.78, 5) is 0. The second-order valence-electron chi connectivity index (χ2n) is 9.11. The molecule has 0 N–H and O–H groups in total. The summed E-state index contributed by atoms with van der Waals surface area (Å²) in [5, 5.41) is 0. The normalized spacial score (nSPS) is 19.4. The number of halogens is 1. The maximum atomic E-state index is 13.2. The van der Waals surface area contributed by atoms with Gasteiger partial charge in [-0.2, -0.15) is 0 Å². The Bertz CT molecular complexity index is 695. The molecule has 1 saturated carbocycles. The van der Waals surface area contributed by atoms with Gasteiger partial charge in [-0.1, -0.05) is 101 Å². The average Bonchev–Trinajstić information content (AvgIpc) is 2.77. The summed E-state index contributed by atoms with van der Waals surface area (Å²) in [5.41, 5.74) is 3.79. The molecule has 0 nitrogen and oxygen atoms in total. The SMILES string of the molecule is CCCCCCCCCCC1CCC(c2cccc(-c3ccc(F)cc3)c2)CC1. The molecule has 1 fully saturated rings. The third-order valence-corrected chi connectivity index (χ3v) is 6.85. The number of hydrogen-bond donors (Lipinski definition) is 0. The highest BCUT2D eigenvalue weighted by Crippen LogP contribution is 2.38. The van der Waals surface area contributed by atoms with Crippen molar-refractivity contribution in [3.05, 3.63) is 59.9 Å². The van der Waals surface area contributed by atoms with Crippen LogP contribution < -0.4 is 0 Å². The first-order chi connectivity index (χ1) is 14.3. The van der Waals surface area contributed by atoms with Gasteiger partial charge in [-0.15, -0.1) is 0 Å². The van der Waals surface area contributed by atoms with Crippen molar-refractivity contribution in [2.24, 2.45) is 5.92 Å². The van der Waals surface area contributed by atoms with E-state index in [0.717, 1.165) is 11.5 Å². The van der Waals surface area contributed by atoms with Crippen LogP contribution in [0.25, 0.3) is 11.1 Å². The van der Waals surface area contributed by atoms with Crippen molar-refractivity contribution in [3.63, 3.8) is 0 Å². The van der Waals surface area contributed by atoms with Gasteiger partial charge in [-0.3, -0.25) is 0 Å². The van der Waals surface area contributed by atoms with Gasteiger partial charge in [0.2, 0.25) is 0 Å². The summed E-state index contributed by atoms with van der Waals surface area (Å²) in [5.74, 6) is 1.48. The molecule has 0 heterocycles. The van der Waals surface area contributed by atoms with Crippen molar-refractivity contribution in [2.75, 3.05) is 0 Å². The van der Waals surface area contributed by atoms with Crippen LogP contribution >= 0.6 is 0 Å². The van der Waals surface area contributed by atoms with E-state index in [-0.39, 0.29) is 5.82 Å². The summed E-state index contributed by atoms with van der Waals surface area (Å²) < 4.78 is 13.2. The standard InChI is InChI=1S/C28H39F/c1-2-3-4-5-6-7-8-9-11-23-14-16-24(17-15-23)26-12-10-13-27(22-26)25-18-20-28(29)21-19-25/h10,12-13,18-24H,2-9,11,14-17H2,1H3. The Labute approximate surface area is 177 Å². The molecule has 1 heteroatoms. The molecule has 2 aromatic carbocycles. The van der Waals surface area contributed by atoms with E-state index >= 15 is 0 Å². The zero-order chi connectivity index (χ0) is 20.3. The van der Waals surface area contributed by atoms with E-state index in [1.807, 2.05) is 12.1 Å². The number of rotatable bonds is 11.